The topological polar surface area (TPSA) is 109 Å². The maximum absolute atomic E-state index is 12.4. The van der Waals surface area contributed by atoms with Crippen LogP contribution in [0, 0.1) is 0 Å². The molecule has 144 valence electrons. The van der Waals surface area contributed by atoms with Crippen molar-refractivity contribution in [1.82, 2.24) is 25.6 Å². The van der Waals surface area contributed by atoms with E-state index in [2.05, 4.69) is 25.6 Å². The fourth-order valence-electron chi connectivity index (χ4n) is 2.54. The Labute approximate surface area is 162 Å². The number of benzene rings is 1. The minimum atomic E-state index is -0.446. The third-order valence-electron chi connectivity index (χ3n) is 3.93. The summed E-state index contributed by atoms with van der Waals surface area (Å²) in [6.07, 6.45) is 2.97. The molecule has 0 aliphatic heterocycles. The Bertz CT molecular complexity index is 923. The predicted octanol–water partition coefficient (Wildman–Crippen LogP) is 2.06. The van der Waals surface area contributed by atoms with Gasteiger partial charge in [-0.15, -0.1) is 0 Å². The molecule has 0 radical (unpaired) electrons. The zero-order valence-corrected chi connectivity index (χ0v) is 15.4. The second-order valence-corrected chi connectivity index (χ2v) is 5.89. The van der Waals surface area contributed by atoms with Gasteiger partial charge < -0.3 is 20.4 Å². The Hall–Kier alpha value is -3.68. The van der Waals surface area contributed by atoms with Crippen LogP contribution in [0.4, 0.5) is 0 Å². The first-order chi connectivity index (χ1) is 13.7. The van der Waals surface area contributed by atoms with E-state index in [4.69, 9.17) is 4.74 Å². The van der Waals surface area contributed by atoms with Gasteiger partial charge in [-0.05, 0) is 36.8 Å². The van der Waals surface area contributed by atoms with Crippen molar-refractivity contribution in [3.63, 3.8) is 0 Å². The average Bonchev–Trinajstić information content (AvgIpc) is 3.22. The lowest BCUT2D eigenvalue weighted by molar-refractivity contribution is 0.0911. The number of nitrogens with one attached hydrogen (secondary N) is 3. The molecule has 3 aromatic rings. The maximum atomic E-state index is 12.4. The van der Waals surface area contributed by atoms with Crippen LogP contribution in [0.2, 0.25) is 0 Å². The number of aromatic nitrogens is 3. The summed E-state index contributed by atoms with van der Waals surface area (Å²) in [5.74, 6) is -0.0782. The van der Waals surface area contributed by atoms with Crippen LogP contribution in [-0.4, -0.2) is 33.4 Å². The Morgan fingerprint density at radius 1 is 1.00 bits per heavy atom. The number of imidazole rings is 1. The summed E-state index contributed by atoms with van der Waals surface area (Å²) < 4.78 is 5.39. The van der Waals surface area contributed by atoms with Crippen molar-refractivity contribution in [3.8, 4) is 5.75 Å². The van der Waals surface area contributed by atoms with Crippen LogP contribution in [0.1, 0.15) is 39.2 Å². The quantitative estimate of drug-likeness (QED) is 0.555. The number of rotatable bonds is 8. The number of pyridine rings is 1. The SMILES string of the molecule is CCOc1ccc(CNC(=O)c2[nH]cnc2C(=O)NCc2ccccn2)cc1. The molecule has 2 aromatic heterocycles. The number of hydrogen-bond acceptors (Lipinski definition) is 5. The number of hydrogen-bond donors (Lipinski definition) is 3. The average molecular weight is 379 g/mol. The van der Waals surface area contributed by atoms with Gasteiger partial charge in [0, 0.05) is 12.7 Å². The Morgan fingerprint density at radius 2 is 1.79 bits per heavy atom. The van der Waals surface area contributed by atoms with Gasteiger partial charge >= 0.3 is 0 Å². The molecule has 0 aliphatic carbocycles. The van der Waals surface area contributed by atoms with Crippen molar-refractivity contribution in [2.24, 2.45) is 0 Å². The van der Waals surface area contributed by atoms with E-state index in [0.29, 0.717) is 18.8 Å². The van der Waals surface area contributed by atoms with E-state index in [1.165, 1.54) is 6.33 Å². The van der Waals surface area contributed by atoms with Crippen molar-refractivity contribution in [3.05, 3.63) is 77.6 Å². The first-order valence-corrected chi connectivity index (χ1v) is 8.88. The molecule has 0 aliphatic rings. The van der Waals surface area contributed by atoms with E-state index in [1.54, 1.807) is 18.3 Å². The summed E-state index contributed by atoms with van der Waals surface area (Å²) in [4.78, 5) is 35.6. The molecule has 0 bridgehead atoms. The smallest absolute Gasteiger partial charge is 0.272 e. The summed E-state index contributed by atoms with van der Waals surface area (Å²) >= 11 is 0. The van der Waals surface area contributed by atoms with E-state index in [0.717, 1.165) is 11.3 Å². The number of amides is 2. The molecule has 2 heterocycles. The fourth-order valence-corrected chi connectivity index (χ4v) is 2.54. The Morgan fingerprint density at radius 3 is 2.50 bits per heavy atom. The molecule has 8 nitrogen and oxygen atoms in total. The summed E-state index contributed by atoms with van der Waals surface area (Å²) in [5.41, 5.74) is 1.79. The largest absolute Gasteiger partial charge is 0.494 e. The number of nitrogens with zero attached hydrogens (tertiary/aromatic N) is 2. The van der Waals surface area contributed by atoms with Crippen molar-refractivity contribution < 1.29 is 14.3 Å². The predicted molar refractivity (Wildman–Crippen MR) is 103 cm³/mol. The highest BCUT2D eigenvalue weighted by Crippen LogP contribution is 2.12. The molecule has 0 saturated carbocycles. The Kier molecular flexibility index (Phi) is 6.35. The molecule has 0 spiro atoms. The lowest BCUT2D eigenvalue weighted by atomic mass is 10.2. The van der Waals surface area contributed by atoms with Gasteiger partial charge in [-0.25, -0.2) is 4.98 Å². The first-order valence-electron chi connectivity index (χ1n) is 8.88. The molecule has 0 saturated heterocycles. The molecule has 3 N–H and O–H groups in total. The maximum Gasteiger partial charge on any atom is 0.272 e. The highest BCUT2D eigenvalue weighted by molar-refractivity contribution is 6.04. The van der Waals surface area contributed by atoms with Crippen LogP contribution >= 0.6 is 0 Å². The Balaban J connectivity index is 1.57. The summed E-state index contributed by atoms with van der Waals surface area (Å²) in [5, 5.41) is 5.49. The third-order valence-corrected chi connectivity index (χ3v) is 3.93. The second-order valence-electron chi connectivity index (χ2n) is 5.89. The van der Waals surface area contributed by atoms with Gasteiger partial charge in [-0.1, -0.05) is 18.2 Å². The van der Waals surface area contributed by atoms with Gasteiger partial charge in [0.05, 0.1) is 25.2 Å². The lowest BCUT2D eigenvalue weighted by Gasteiger charge is -2.08. The van der Waals surface area contributed by atoms with E-state index >= 15 is 0 Å². The second kappa shape index (κ2) is 9.31. The molecule has 0 atom stereocenters. The molecule has 0 unspecified atom stereocenters. The van der Waals surface area contributed by atoms with E-state index in [1.807, 2.05) is 37.3 Å². The first kappa shape index (κ1) is 19.1. The van der Waals surface area contributed by atoms with Gasteiger partial charge in [0.2, 0.25) is 0 Å². The molecular weight excluding hydrogens is 358 g/mol. The number of carbonyl (C=O) groups is 2. The van der Waals surface area contributed by atoms with Gasteiger partial charge in [0.1, 0.15) is 11.4 Å². The summed E-state index contributed by atoms with van der Waals surface area (Å²) in [7, 11) is 0. The monoisotopic (exact) mass is 379 g/mol. The van der Waals surface area contributed by atoms with Crippen LogP contribution < -0.4 is 15.4 Å². The normalized spacial score (nSPS) is 10.3. The molecule has 28 heavy (non-hydrogen) atoms. The lowest BCUT2D eigenvalue weighted by Crippen LogP contribution is -2.29. The van der Waals surface area contributed by atoms with Crippen LogP contribution in [-0.2, 0) is 13.1 Å². The molecule has 0 fully saturated rings. The van der Waals surface area contributed by atoms with E-state index in [-0.39, 0.29) is 17.9 Å². The summed E-state index contributed by atoms with van der Waals surface area (Å²) in [6.45, 7) is 3.09. The highest BCUT2D eigenvalue weighted by atomic mass is 16.5. The van der Waals surface area contributed by atoms with Gasteiger partial charge in [0.25, 0.3) is 11.8 Å². The zero-order chi connectivity index (χ0) is 19.8. The van der Waals surface area contributed by atoms with Gasteiger partial charge in [0.15, 0.2) is 5.69 Å². The van der Waals surface area contributed by atoms with Gasteiger partial charge in [-0.2, -0.15) is 0 Å². The van der Waals surface area contributed by atoms with Crippen LogP contribution in [0.5, 0.6) is 5.75 Å². The number of aromatic amines is 1. The van der Waals surface area contributed by atoms with Crippen molar-refractivity contribution in [2.75, 3.05) is 6.61 Å². The molecule has 3 rings (SSSR count). The molecule has 8 heteroatoms. The fraction of sp³-hybridized carbons (Fsp3) is 0.200. The molecule has 1 aromatic carbocycles. The number of ether oxygens (including phenoxy) is 1. The van der Waals surface area contributed by atoms with Crippen molar-refractivity contribution >= 4 is 11.8 Å². The van der Waals surface area contributed by atoms with Crippen molar-refractivity contribution in [1.29, 1.82) is 0 Å². The molecular formula is C20H21N5O3. The third kappa shape index (κ3) is 4.94. The number of H-pyrrole nitrogens is 1. The minimum Gasteiger partial charge on any atom is -0.494 e. The van der Waals surface area contributed by atoms with Crippen LogP contribution in [0.3, 0.4) is 0 Å². The van der Waals surface area contributed by atoms with Crippen molar-refractivity contribution in [2.45, 2.75) is 20.0 Å². The van der Waals surface area contributed by atoms with Gasteiger partial charge in [-0.3, -0.25) is 14.6 Å². The zero-order valence-electron chi connectivity index (χ0n) is 15.4. The molecule has 2 amide bonds. The summed E-state index contributed by atoms with van der Waals surface area (Å²) in [6, 6.07) is 12.9. The van der Waals surface area contributed by atoms with E-state index < -0.39 is 11.8 Å². The van der Waals surface area contributed by atoms with E-state index in [9.17, 15) is 9.59 Å². The van der Waals surface area contributed by atoms with Crippen LogP contribution in [0.15, 0.2) is 55.0 Å². The van der Waals surface area contributed by atoms with Crippen LogP contribution in [0.25, 0.3) is 0 Å². The minimum absolute atomic E-state index is 0.0418. The standard InChI is InChI=1S/C20H21N5O3/c1-2-28-16-8-6-14(7-9-16)11-22-19(26)17-18(25-13-24-17)20(27)23-12-15-5-3-4-10-21-15/h3-10,13H,2,11-12H2,1H3,(H,22,26)(H,23,27)(H,24,25). The number of carbonyl (C=O) groups excluding carboxylic acids is 2. The highest BCUT2D eigenvalue weighted by Gasteiger charge is 2.20.